The summed E-state index contributed by atoms with van der Waals surface area (Å²) in [6.07, 6.45) is 1.99. The number of hydrogen-bond donors (Lipinski definition) is 1. The fraction of sp³-hybridized carbons (Fsp3) is 0.235. The van der Waals surface area contributed by atoms with Gasteiger partial charge in [-0.25, -0.2) is 4.99 Å². The van der Waals surface area contributed by atoms with Gasteiger partial charge in [0.05, 0.1) is 5.69 Å². The molecular formula is C17H19N3. The molecule has 0 spiro atoms. The zero-order chi connectivity index (χ0) is 13.9. The van der Waals surface area contributed by atoms with Crippen LogP contribution in [-0.2, 0) is 12.8 Å². The zero-order valence-electron chi connectivity index (χ0n) is 11.7. The third kappa shape index (κ3) is 2.27. The molecule has 1 heterocycles. The fourth-order valence-corrected chi connectivity index (χ4v) is 2.68. The van der Waals surface area contributed by atoms with Crippen LogP contribution in [0, 0.1) is 0 Å². The summed E-state index contributed by atoms with van der Waals surface area (Å²) < 4.78 is 0. The number of anilines is 1. The van der Waals surface area contributed by atoms with Gasteiger partial charge in [-0.15, -0.1) is 0 Å². The predicted octanol–water partition coefficient (Wildman–Crippen LogP) is 3.26. The zero-order valence-corrected chi connectivity index (χ0v) is 11.7. The monoisotopic (exact) mass is 265 g/mol. The lowest BCUT2D eigenvalue weighted by atomic mass is 10.1. The molecule has 1 aliphatic rings. The van der Waals surface area contributed by atoms with Crippen molar-refractivity contribution >= 4 is 17.3 Å². The molecule has 0 amide bonds. The van der Waals surface area contributed by atoms with Crippen molar-refractivity contribution in [1.29, 1.82) is 0 Å². The van der Waals surface area contributed by atoms with Gasteiger partial charge in [0.1, 0.15) is 0 Å². The van der Waals surface area contributed by atoms with Crippen LogP contribution in [-0.4, -0.2) is 12.5 Å². The number of fused-ring (bicyclic) bond motifs is 1. The van der Waals surface area contributed by atoms with Crippen LogP contribution in [0.4, 0.5) is 11.4 Å². The van der Waals surface area contributed by atoms with Gasteiger partial charge in [0.25, 0.3) is 0 Å². The second-order valence-corrected chi connectivity index (χ2v) is 4.98. The van der Waals surface area contributed by atoms with Crippen LogP contribution < -0.4 is 10.6 Å². The van der Waals surface area contributed by atoms with Crippen molar-refractivity contribution in [2.45, 2.75) is 19.8 Å². The van der Waals surface area contributed by atoms with Gasteiger partial charge < -0.3 is 10.6 Å². The van der Waals surface area contributed by atoms with Crippen LogP contribution in [0.2, 0.25) is 0 Å². The van der Waals surface area contributed by atoms with Crippen LogP contribution in [0.25, 0.3) is 0 Å². The van der Waals surface area contributed by atoms with Crippen molar-refractivity contribution in [3.05, 3.63) is 59.7 Å². The molecule has 0 saturated heterocycles. The minimum atomic E-state index is 0.579. The van der Waals surface area contributed by atoms with E-state index in [2.05, 4.69) is 41.1 Å². The Labute approximate surface area is 119 Å². The average molecular weight is 265 g/mol. The minimum Gasteiger partial charge on any atom is -0.369 e. The van der Waals surface area contributed by atoms with Gasteiger partial charge in [-0.3, -0.25) is 0 Å². The molecule has 3 rings (SSSR count). The normalized spacial score (nSPS) is 14.4. The summed E-state index contributed by atoms with van der Waals surface area (Å²) in [6, 6.07) is 16.5. The molecule has 0 aromatic heterocycles. The lowest BCUT2D eigenvalue weighted by Crippen LogP contribution is -2.35. The molecule has 0 aliphatic carbocycles. The molecule has 102 valence electrons. The molecule has 1 aliphatic heterocycles. The predicted molar refractivity (Wildman–Crippen MR) is 84.6 cm³/mol. The topological polar surface area (TPSA) is 41.6 Å². The molecule has 0 fully saturated rings. The van der Waals surface area contributed by atoms with E-state index in [1.807, 2.05) is 24.3 Å². The van der Waals surface area contributed by atoms with E-state index in [1.165, 1.54) is 16.8 Å². The first-order valence-corrected chi connectivity index (χ1v) is 7.07. The van der Waals surface area contributed by atoms with Crippen molar-refractivity contribution in [2.24, 2.45) is 10.7 Å². The van der Waals surface area contributed by atoms with Gasteiger partial charge in [0, 0.05) is 12.2 Å². The van der Waals surface area contributed by atoms with Gasteiger partial charge in [0.2, 0.25) is 5.96 Å². The highest BCUT2D eigenvalue weighted by Crippen LogP contribution is 2.28. The van der Waals surface area contributed by atoms with Gasteiger partial charge in [-0.1, -0.05) is 43.3 Å². The number of rotatable bonds is 2. The molecule has 2 aromatic rings. The van der Waals surface area contributed by atoms with Gasteiger partial charge in [-0.05, 0) is 36.1 Å². The number of nitrogens with two attached hydrogens (primary N) is 1. The van der Waals surface area contributed by atoms with Crippen LogP contribution in [0.1, 0.15) is 18.1 Å². The minimum absolute atomic E-state index is 0.579. The number of guanidine groups is 1. The maximum absolute atomic E-state index is 6.23. The third-order valence-electron chi connectivity index (χ3n) is 3.77. The quantitative estimate of drug-likeness (QED) is 0.669. The van der Waals surface area contributed by atoms with E-state index in [0.717, 1.165) is 25.1 Å². The molecule has 3 heteroatoms. The molecule has 2 aromatic carbocycles. The summed E-state index contributed by atoms with van der Waals surface area (Å²) in [5.41, 5.74) is 10.9. The Hall–Kier alpha value is -2.29. The van der Waals surface area contributed by atoms with E-state index in [1.54, 1.807) is 0 Å². The van der Waals surface area contributed by atoms with E-state index in [4.69, 9.17) is 5.73 Å². The second-order valence-electron chi connectivity index (χ2n) is 4.98. The Morgan fingerprint density at radius 3 is 2.75 bits per heavy atom. The van der Waals surface area contributed by atoms with Crippen LogP contribution in [0.15, 0.2) is 53.5 Å². The lowest BCUT2D eigenvalue weighted by Gasteiger charge is -2.18. The van der Waals surface area contributed by atoms with Gasteiger partial charge in [-0.2, -0.15) is 0 Å². The van der Waals surface area contributed by atoms with Crippen molar-refractivity contribution < 1.29 is 0 Å². The highest BCUT2D eigenvalue weighted by atomic mass is 15.3. The van der Waals surface area contributed by atoms with E-state index in [-0.39, 0.29) is 0 Å². The number of benzene rings is 2. The van der Waals surface area contributed by atoms with Crippen molar-refractivity contribution in [1.82, 2.24) is 0 Å². The van der Waals surface area contributed by atoms with Gasteiger partial charge >= 0.3 is 0 Å². The third-order valence-corrected chi connectivity index (χ3v) is 3.77. The van der Waals surface area contributed by atoms with E-state index in [0.29, 0.717) is 5.96 Å². The Kier molecular flexibility index (Phi) is 3.42. The summed E-state index contributed by atoms with van der Waals surface area (Å²) in [5.74, 6) is 0.579. The smallest absolute Gasteiger partial charge is 0.201 e. The molecular weight excluding hydrogens is 246 g/mol. The Bertz CT molecular complexity index is 646. The van der Waals surface area contributed by atoms with E-state index < -0.39 is 0 Å². The Balaban J connectivity index is 1.94. The molecule has 20 heavy (non-hydrogen) atoms. The first kappa shape index (κ1) is 12.7. The van der Waals surface area contributed by atoms with E-state index >= 15 is 0 Å². The summed E-state index contributed by atoms with van der Waals surface area (Å²) in [6.45, 7) is 3.04. The van der Waals surface area contributed by atoms with Crippen LogP contribution in [0.5, 0.6) is 0 Å². The summed E-state index contributed by atoms with van der Waals surface area (Å²) >= 11 is 0. The van der Waals surface area contributed by atoms with Gasteiger partial charge in [0.15, 0.2) is 0 Å². The summed E-state index contributed by atoms with van der Waals surface area (Å²) in [5, 5.41) is 0. The molecule has 0 bridgehead atoms. The highest BCUT2D eigenvalue weighted by molar-refractivity contribution is 5.98. The fourth-order valence-electron chi connectivity index (χ4n) is 2.68. The summed E-state index contributed by atoms with van der Waals surface area (Å²) in [7, 11) is 0. The molecule has 0 unspecified atom stereocenters. The number of aryl methyl sites for hydroxylation is 1. The molecule has 0 atom stereocenters. The highest BCUT2D eigenvalue weighted by Gasteiger charge is 2.21. The largest absolute Gasteiger partial charge is 0.369 e. The Morgan fingerprint density at radius 2 is 1.90 bits per heavy atom. The maximum Gasteiger partial charge on any atom is 0.201 e. The maximum atomic E-state index is 6.23. The van der Waals surface area contributed by atoms with Crippen LogP contribution in [0.3, 0.4) is 0 Å². The molecule has 3 nitrogen and oxygen atoms in total. The average Bonchev–Trinajstić information content (AvgIpc) is 2.92. The number of para-hydroxylation sites is 2. The Morgan fingerprint density at radius 1 is 1.15 bits per heavy atom. The first-order chi connectivity index (χ1) is 9.79. The van der Waals surface area contributed by atoms with Crippen LogP contribution >= 0.6 is 0 Å². The number of aliphatic imine (C=N–C) groups is 1. The van der Waals surface area contributed by atoms with E-state index in [9.17, 15) is 0 Å². The first-order valence-electron chi connectivity index (χ1n) is 7.07. The van der Waals surface area contributed by atoms with Crippen molar-refractivity contribution in [2.75, 3.05) is 11.4 Å². The molecule has 2 N–H and O–H groups in total. The lowest BCUT2D eigenvalue weighted by molar-refractivity contribution is 1.01. The standard InChI is InChI=1S/C17H19N3/c1-2-13-7-3-5-9-15(13)19-17(18)20-12-11-14-8-4-6-10-16(14)20/h3-10H,2,11-12H2,1H3,(H2,18,19). The number of nitrogens with zero attached hydrogens (tertiary/aromatic N) is 2. The summed E-state index contributed by atoms with van der Waals surface area (Å²) in [4.78, 5) is 6.73. The molecule has 0 radical (unpaired) electrons. The number of hydrogen-bond acceptors (Lipinski definition) is 1. The molecule has 0 saturated carbocycles. The van der Waals surface area contributed by atoms with Crippen molar-refractivity contribution in [3.63, 3.8) is 0 Å². The van der Waals surface area contributed by atoms with Crippen molar-refractivity contribution in [3.8, 4) is 0 Å². The second kappa shape index (κ2) is 5.37. The SMILES string of the molecule is CCc1ccccc1N=C(N)N1CCc2ccccc21.